The van der Waals surface area contributed by atoms with Crippen molar-refractivity contribution in [1.82, 2.24) is 5.32 Å². The molecule has 0 saturated heterocycles. The normalized spacial score (nSPS) is 14.8. The van der Waals surface area contributed by atoms with E-state index in [1.54, 1.807) is 6.07 Å². The van der Waals surface area contributed by atoms with Crippen LogP contribution in [0.2, 0.25) is 10.0 Å². The summed E-state index contributed by atoms with van der Waals surface area (Å²) in [4.78, 5) is 0. The SMILES string of the molecule is CC(C)OCCOc1c(Cl)cc(Cl)cc1CNC1CC1. The molecule has 1 aliphatic rings. The molecule has 0 heterocycles. The van der Waals surface area contributed by atoms with Crippen molar-refractivity contribution < 1.29 is 9.47 Å². The number of benzene rings is 1. The molecule has 0 aromatic heterocycles. The molecule has 1 aliphatic carbocycles. The molecule has 0 aliphatic heterocycles. The van der Waals surface area contributed by atoms with E-state index < -0.39 is 0 Å². The lowest BCUT2D eigenvalue weighted by molar-refractivity contribution is 0.0550. The van der Waals surface area contributed by atoms with E-state index in [0.29, 0.717) is 35.1 Å². The Morgan fingerprint density at radius 2 is 2.00 bits per heavy atom. The summed E-state index contributed by atoms with van der Waals surface area (Å²) in [5, 5.41) is 4.63. The fourth-order valence-electron chi connectivity index (χ4n) is 1.88. The summed E-state index contributed by atoms with van der Waals surface area (Å²) >= 11 is 12.3. The van der Waals surface area contributed by atoms with Crippen LogP contribution >= 0.6 is 23.2 Å². The monoisotopic (exact) mass is 317 g/mol. The molecule has 1 N–H and O–H groups in total. The molecule has 0 radical (unpaired) electrons. The van der Waals surface area contributed by atoms with Crippen LogP contribution < -0.4 is 10.1 Å². The first-order chi connectivity index (χ1) is 9.56. The molecule has 0 spiro atoms. The Labute approximate surface area is 130 Å². The van der Waals surface area contributed by atoms with E-state index in [-0.39, 0.29) is 6.10 Å². The predicted molar refractivity (Wildman–Crippen MR) is 82.9 cm³/mol. The van der Waals surface area contributed by atoms with Crippen LogP contribution in [0.1, 0.15) is 32.3 Å². The molecule has 1 saturated carbocycles. The predicted octanol–water partition coefficient (Wildman–Crippen LogP) is 4.05. The first-order valence-electron chi connectivity index (χ1n) is 7.02. The van der Waals surface area contributed by atoms with Crippen molar-refractivity contribution in [3.05, 3.63) is 27.7 Å². The Hall–Kier alpha value is -0.480. The zero-order valence-electron chi connectivity index (χ0n) is 11.9. The molecule has 0 unspecified atom stereocenters. The molecule has 1 fully saturated rings. The van der Waals surface area contributed by atoms with Crippen LogP contribution in [-0.4, -0.2) is 25.4 Å². The van der Waals surface area contributed by atoms with Gasteiger partial charge in [-0.3, -0.25) is 0 Å². The van der Waals surface area contributed by atoms with Crippen molar-refractivity contribution in [2.45, 2.75) is 45.4 Å². The second-order valence-corrected chi connectivity index (χ2v) is 6.14. The van der Waals surface area contributed by atoms with Gasteiger partial charge in [-0.2, -0.15) is 0 Å². The molecule has 20 heavy (non-hydrogen) atoms. The Morgan fingerprint density at radius 3 is 2.65 bits per heavy atom. The zero-order chi connectivity index (χ0) is 14.5. The lowest BCUT2D eigenvalue weighted by atomic mass is 10.2. The van der Waals surface area contributed by atoms with Gasteiger partial charge in [0.2, 0.25) is 0 Å². The van der Waals surface area contributed by atoms with Crippen LogP contribution in [0.3, 0.4) is 0 Å². The maximum Gasteiger partial charge on any atom is 0.142 e. The quantitative estimate of drug-likeness (QED) is 0.734. The minimum atomic E-state index is 0.204. The van der Waals surface area contributed by atoms with Gasteiger partial charge in [0.25, 0.3) is 0 Å². The number of hydrogen-bond acceptors (Lipinski definition) is 3. The van der Waals surface area contributed by atoms with Crippen molar-refractivity contribution in [2.75, 3.05) is 13.2 Å². The Morgan fingerprint density at radius 1 is 1.25 bits per heavy atom. The largest absolute Gasteiger partial charge is 0.489 e. The summed E-state index contributed by atoms with van der Waals surface area (Å²) in [6, 6.07) is 4.24. The molecule has 0 amide bonds. The summed E-state index contributed by atoms with van der Waals surface area (Å²) < 4.78 is 11.2. The van der Waals surface area contributed by atoms with Crippen LogP contribution in [0.25, 0.3) is 0 Å². The maximum atomic E-state index is 6.23. The number of ether oxygens (including phenoxy) is 2. The first-order valence-corrected chi connectivity index (χ1v) is 7.77. The van der Waals surface area contributed by atoms with Crippen molar-refractivity contribution >= 4 is 23.2 Å². The van der Waals surface area contributed by atoms with Gasteiger partial charge in [0, 0.05) is 23.2 Å². The maximum absolute atomic E-state index is 6.23. The van der Waals surface area contributed by atoms with Gasteiger partial charge in [-0.15, -0.1) is 0 Å². The summed E-state index contributed by atoms with van der Waals surface area (Å²) in [6.45, 7) is 5.76. The van der Waals surface area contributed by atoms with Gasteiger partial charge in [-0.1, -0.05) is 23.2 Å². The second-order valence-electron chi connectivity index (χ2n) is 5.30. The number of rotatable bonds is 8. The van der Waals surface area contributed by atoms with Crippen LogP contribution in [-0.2, 0) is 11.3 Å². The molecule has 3 nitrogen and oxygen atoms in total. The second kappa shape index (κ2) is 7.51. The zero-order valence-corrected chi connectivity index (χ0v) is 13.4. The van der Waals surface area contributed by atoms with E-state index in [0.717, 1.165) is 12.1 Å². The average Bonchev–Trinajstić information content (AvgIpc) is 3.17. The van der Waals surface area contributed by atoms with Crippen LogP contribution in [0, 0.1) is 0 Å². The number of hydrogen-bond donors (Lipinski definition) is 1. The summed E-state index contributed by atoms with van der Waals surface area (Å²) in [5.41, 5.74) is 0.999. The number of nitrogens with one attached hydrogen (secondary N) is 1. The summed E-state index contributed by atoms with van der Waals surface area (Å²) in [6.07, 6.45) is 2.69. The molecule has 0 atom stereocenters. The highest BCUT2D eigenvalue weighted by Crippen LogP contribution is 2.33. The lowest BCUT2D eigenvalue weighted by Gasteiger charge is -2.15. The molecule has 1 aromatic carbocycles. The van der Waals surface area contributed by atoms with Crippen molar-refractivity contribution in [2.24, 2.45) is 0 Å². The van der Waals surface area contributed by atoms with E-state index in [4.69, 9.17) is 32.7 Å². The minimum absolute atomic E-state index is 0.204. The molecular formula is C15H21Cl2NO2. The van der Waals surface area contributed by atoms with Crippen LogP contribution in [0.4, 0.5) is 0 Å². The van der Waals surface area contributed by atoms with Gasteiger partial charge in [0.15, 0.2) is 0 Å². The fraction of sp³-hybridized carbons (Fsp3) is 0.600. The lowest BCUT2D eigenvalue weighted by Crippen LogP contribution is -2.17. The molecule has 2 rings (SSSR count). The van der Waals surface area contributed by atoms with Crippen molar-refractivity contribution in [3.8, 4) is 5.75 Å². The van der Waals surface area contributed by atoms with Gasteiger partial charge in [-0.05, 0) is 38.8 Å². The molecule has 1 aromatic rings. The standard InChI is InChI=1S/C15H21Cl2NO2/c1-10(2)19-5-6-20-15-11(9-18-13-3-4-13)7-12(16)8-14(15)17/h7-8,10,13,18H,3-6,9H2,1-2H3. The van der Waals surface area contributed by atoms with E-state index in [1.807, 2.05) is 19.9 Å². The topological polar surface area (TPSA) is 30.5 Å². The van der Waals surface area contributed by atoms with Crippen molar-refractivity contribution in [3.63, 3.8) is 0 Å². The van der Waals surface area contributed by atoms with E-state index >= 15 is 0 Å². The fourth-order valence-corrected chi connectivity index (χ4v) is 2.47. The van der Waals surface area contributed by atoms with E-state index in [9.17, 15) is 0 Å². The third-order valence-corrected chi connectivity index (χ3v) is 3.52. The Bertz CT molecular complexity index is 448. The minimum Gasteiger partial charge on any atom is -0.489 e. The van der Waals surface area contributed by atoms with Gasteiger partial charge < -0.3 is 14.8 Å². The third-order valence-electron chi connectivity index (χ3n) is 3.02. The average molecular weight is 318 g/mol. The smallest absolute Gasteiger partial charge is 0.142 e. The highest BCUT2D eigenvalue weighted by Gasteiger charge is 2.21. The van der Waals surface area contributed by atoms with Crippen LogP contribution in [0.15, 0.2) is 12.1 Å². The molecule has 5 heteroatoms. The molecule has 112 valence electrons. The third kappa shape index (κ3) is 5.13. The van der Waals surface area contributed by atoms with E-state index in [1.165, 1.54) is 12.8 Å². The van der Waals surface area contributed by atoms with Gasteiger partial charge in [-0.25, -0.2) is 0 Å². The van der Waals surface area contributed by atoms with E-state index in [2.05, 4.69) is 5.32 Å². The Balaban J connectivity index is 1.96. The van der Waals surface area contributed by atoms with Gasteiger partial charge >= 0.3 is 0 Å². The summed E-state index contributed by atoms with van der Waals surface area (Å²) in [5.74, 6) is 0.705. The Kier molecular flexibility index (Phi) is 5.97. The first kappa shape index (κ1) is 15.9. The van der Waals surface area contributed by atoms with Crippen LogP contribution in [0.5, 0.6) is 5.75 Å². The number of halogens is 2. The highest BCUT2D eigenvalue weighted by atomic mass is 35.5. The molecule has 0 bridgehead atoms. The van der Waals surface area contributed by atoms with Gasteiger partial charge in [0.05, 0.1) is 17.7 Å². The highest BCUT2D eigenvalue weighted by molar-refractivity contribution is 6.35. The van der Waals surface area contributed by atoms with Crippen molar-refractivity contribution in [1.29, 1.82) is 0 Å². The summed E-state index contributed by atoms with van der Waals surface area (Å²) in [7, 11) is 0. The molecular weight excluding hydrogens is 297 g/mol. The van der Waals surface area contributed by atoms with Gasteiger partial charge in [0.1, 0.15) is 12.4 Å².